The predicted octanol–water partition coefficient (Wildman–Crippen LogP) is 3.61. The monoisotopic (exact) mass is 410 g/mol. The number of anilines is 1. The number of rotatable bonds is 6. The maximum absolute atomic E-state index is 13.2. The molecular formula is C18H13F3N2O6. The van der Waals surface area contributed by atoms with Crippen molar-refractivity contribution in [3.8, 4) is 0 Å². The van der Waals surface area contributed by atoms with Crippen LogP contribution in [0.1, 0.15) is 33.2 Å². The van der Waals surface area contributed by atoms with Crippen molar-refractivity contribution in [2.45, 2.75) is 19.2 Å². The summed E-state index contributed by atoms with van der Waals surface area (Å²) in [5, 5.41) is 12.6. The second kappa shape index (κ2) is 8.50. The summed E-state index contributed by atoms with van der Waals surface area (Å²) >= 11 is 0. The van der Waals surface area contributed by atoms with Gasteiger partial charge in [-0.25, -0.2) is 4.79 Å². The number of nitro benzene ring substituents is 1. The van der Waals surface area contributed by atoms with Gasteiger partial charge >= 0.3 is 12.1 Å². The first-order valence-corrected chi connectivity index (χ1v) is 7.95. The zero-order valence-electron chi connectivity index (χ0n) is 14.7. The highest BCUT2D eigenvalue weighted by Crippen LogP contribution is 2.37. The third-order valence-electron chi connectivity index (χ3n) is 3.71. The van der Waals surface area contributed by atoms with E-state index in [-0.39, 0.29) is 5.56 Å². The van der Waals surface area contributed by atoms with E-state index in [9.17, 15) is 37.7 Å². The van der Waals surface area contributed by atoms with Gasteiger partial charge < -0.3 is 10.1 Å². The lowest BCUT2D eigenvalue weighted by atomic mass is 10.1. The molecule has 0 radical (unpaired) electrons. The SMILES string of the molecule is C[C@@H](OC(=O)c1ccc(C=O)cc1)C(=O)Nc1ccc([N+](=O)[O-])cc1C(F)(F)F. The number of esters is 1. The summed E-state index contributed by atoms with van der Waals surface area (Å²) in [5.41, 5.74) is -2.59. The number of nitrogens with zero attached hydrogens (tertiary/aromatic N) is 1. The molecule has 0 aromatic heterocycles. The Balaban J connectivity index is 2.15. The molecule has 2 aromatic rings. The minimum atomic E-state index is -4.96. The van der Waals surface area contributed by atoms with Crippen LogP contribution in [0.25, 0.3) is 0 Å². The minimum absolute atomic E-state index is 0.0292. The molecule has 1 atom stereocenters. The van der Waals surface area contributed by atoms with Gasteiger partial charge in [-0.1, -0.05) is 12.1 Å². The molecule has 0 unspecified atom stereocenters. The Kier molecular flexibility index (Phi) is 6.32. The fraction of sp³-hybridized carbons (Fsp3) is 0.167. The average molecular weight is 410 g/mol. The van der Waals surface area contributed by atoms with E-state index in [0.29, 0.717) is 17.9 Å². The van der Waals surface area contributed by atoms with Gasteiger partial charge in [-0.2, -0.15) is 13.2 Å². The number of nitro groups is 1. The van der Waals surface area contributed by atoms with Crippen molar-refractivity contribution in [1.82, 2.24) is 0 Å². The van der Waals surface area contributed by atoms with E-state index >= 15 is 0 Å². The number of hydrogen-bond acceptors (Lipinski definition) is 6. The Morgan fingerprint density at radius 2 is 1.79 bits per heavy atom. The molecule has 0 saturated carbocycles. The topological polar surface area (TPSA) is 116 Å². The van der Waals surface area contributed by atoms with Gasteiger partial charge in [-0.15, -0.1) is 0 Å². The molecule has 11 heteroatoms. The third-order valence-corrected chi connectivity index (χ3v) is 3.71. The summed E-state index contributed by atoms with van der Waals surface area (Å²) in [6.07, 6.45) is -5.87. The molecular weight excluding hydrogens is 397 g/mol. The number of hydrogen-bond donors (Lipinski definition) is 1. The molecule has 0 aliphatic heterocycles. The van der Waals surface area contributed by atoms with Crippen LogP contribution >= 0.6 is 0 Å². The number of nitrogens with one attached hydrogen (secondary N) is 1. The molecule has 0 bridgehead atoms. The highest BCUT2D eigenvalue weighted by Gasteiger charge is 2.36. The number of carbonyl (C=O) groups excluding carboxylic acids is 3. The van der Waals surface area contributed by atoms with Gasteiger partial charge in [-0.05, 0) is 25.1 Å². The fourth-order valence-electron chi connectivity index (χ4n) is 2.20. The average Bonchev–Trinajstić information content (AvgIpc) is 2.67. The molecule has 8 nitrogen and oxygen atoms in total. The van der Waals surface area contributed by atoms with Crippen LogP contribution in [0, 0.1) is 10.1 Å². The Morgan fingerprint density at radius 1 is 1.17 bits per heavy atom. The second-order valence-corrected chi connectivity index (χ2v) is 5.76. The maximum Gasteiger partial charge on any atom is 0.418 e. The van der Waals surface area contributed by atoms with Crippen molar-refractivity contribution in [3.05, 3.63) is 69.3 Å². The van der Waals surface area contributed by atoms with Crippen LogP contribution in [-0.2, 0) is 15.7 Å². The summed E-state index contributed by atoms with van der Waals surface area (Å²) in [5.74, 6) is -1.99. The van der Waals surface area contributed by atoms with Crippen molar-refractivity contribution < 1.29 is 37.2 Å². The largest absolute Gasteiger partial charge is 0.449 e. The minimum Gasteiger partial charge on any atom is -0.449 e. The highest BCUT2D eigenvalue weighted by atomic mass is 19.4. The predicted molar refractivity (Wildman–Crippen MR) is 93.4 cm³/mol. The molecule has 0 spiro atoms. The Labute approximate surface area is 161 Å². The van der Waals surface area contributed by atoms with Gasteiger partial charge in [0.05, 0.1) is 21.7 Å². The lowest BCUT2D eigenvalue weighted by Crippen LogP contribution is -2.30. The van der Waals surface area contributed by atoms with Crippen molar-refractivity contribution in [3.63, 3.8) is 0 Å². The molecule has 1 N–H and O–H groups in total. The molecule has 1 amide bonds. The standard InChI is InChI=1S/C18H13F3N2O6/c1-10(29-17(26)12-4-2-11(9-24)3-5-12)16(25)22-15-7-6-13(23(27)28)8-14(15)18(19,20)21/h2-10H,1H3,(H,22,25)/t10-/m1/s1. The lowest BCUT2D eigenvalue weighted by Gasteiger charge is -2.17. The Hall–Kier alpha value is -3.76. The zero-order valence-corrected chi connectivity index (χ0v) is 14.7. The molecule has 0 fully saturated rings. The first-order chi connectivity index (χ1) is 13.5. The van der Waals surface area contributed by atoms with Gasteiger partial charge in [-0.3, -0.25) is 19.7 Å². The Morgan fingerprint density at radius 3 is 2.31 bits per heavy atom. The molecule has 0 aliphatic rings. The summed E-state index contributed by atoms with van der Waals surface area (Å²) in [7, 11) is 0. The van der Waals surface area contributed by atoms with E-state index in [1.807, 2.05) is 5.32 Å². The molecule has 152 valence electrons. The van der Waals surface area contributed by atoms with Crippen molar-refractivity contribution in [2.24, 2.45) is 0 Å². The Bertz CT molecular complexity index is 957. The molecule has 0 heterocycles. The van der Waals surface area contributed by atoms with Crippen LogP contribution < -0.4 is 5.32 Å². The molecule has 0 saturated heterocycles. The number of non-ortho nitro benzene ring substituents is 1. The summed E-state index contributed by atoms with van der Waals surface area (Å²) in [4.78, 5) is 44.4. The summed E-state index contributed by atoms with van der Waals surface area (Å²) in [6, 6.07) is 7.10. The van der Waals surface area contributed by atoms with E-state index in [0.717, 1.165) is 19.1 Å². The maximum atomic E-state index is 13.2. The number of amides is 1. The van der Waals surface area contributed by atoms with Crippen molar-refractivity contribution in [2.75, 3.05) is 5.32 Å². The number of benzene rings is 2. The molecule has 0 aliphatic carbocycles. The number of carbonyl (C=O) groups is 3. The van der Waals surface area contributed by atoms with Crippen LogP contribution in [0.5, 0.6) is 0 Å². The molecule has 29 heavy (non-hydrogen) atoms. The number of aldehydes is 1. The first-order valence-electron chi connectivity index (χ1n) is 7.95. The van der Waals surface area contributed by atoms with Crippen molar-refractivity contribution in [1.29, 1.82) is 0 Å². The number of ether oxygens (including phenoxy) is 1. The van der Waals surface area contributed by atoms with Gasteiger partial charge in [0.1, 0.15) is 6.29 Å². The summed E-state index contributed by atoms with van der Waals surface area (Å²) in [6.45, 7) is 1.14. The van der Waals surface area contributed by atoms with E-state index < -0.39 is 46.0 Å². The lowest BCUT2D eigenvalue weighted by molar-refractivity contribution is -0.385. The van der Waals surface area contributed by atoms with Crippen LogP contribution in [0.15, 0.2) is 42.5 Å². The van der Waals surface area contributed by atoms with Crippen molar-refractivity contribution >= 4 is 29.5 Å². The van der Waals surface area contributed by atoms with E-state index in [1.54, 1.807) is 0 Å². The molecule has 2 rings (SSSR count). The second-order valence-electron chi connectivity index (χ2n) is 5.76. The summed E-state index contributed by atoms with van der Waals surface area (Å²) < 4.78 is 44.4. The smallest absolute Gasteiger partial charge is 0.418 e. The van der Waals surface area contributed by atoms with Gasteiger partial charge in [0.15, 0.2) is 6.10 Å². The number of alkyl halides is 3. The fourth-order valence-corrected chi connectivity index (χ4v) is 2.20. The first kappa shape index (κ1) is 21.5. The third kappa shape index (κ3) is 5.37. The van der Waals surface area contributed by atoms with Gasteiger partial charge in [0, 0.05) is 17.7 Å². The van der Waals surface area contributed by atoms with Crippen LogP contribution in [0.3, 0.4) is 0 Å². The van der Waals surface area contributed by atoms with Gasteiger partial charge in [0.2, 0.25) is 0 Å². The normalized spacial score (nSPS) is 12.0. The van der Waals surface area contributed by atoms with E-state index in [4.69, 9.17) is 4.74 Å². The molecule has 2 aromatic carbocycles. The van der Waals surface area contributed by atoms with E-state index in [1.165, 1.54) is 24.3 Å². The zero-order chi connectivity index (χ0) is 21.8. The van der Waals surface area contributed by atoms with Crippen LogP contribution in [-0.4, -0.2) is 29.2 Å². The van der Waals surface area contributed by atoms with Crippen LogP contribution in [0.4, 0.5) is 24.5 Å². The quantitative estimate of drug-likeness (QED) is 0.337. The van der Waals surface area contributed by atoms with E-state index in [2.05, 4.69) is 0 Å². The van der Waals surface area contributed by atoms with Crippen LogP contribution in [0.2, 0.25) is 0 Å². The highest BCUT2D eigenvalue weighted by molar-refractivity contribution is 5.98. The number of halogens is 3. The van der Waals surface area contributed by atoms with Gasteiger partial charge in [0.25, 0.3) is 11.6 Å².